The van der Waals surface area contributed by atoms with Crippen LogP contribution in [0.25, 0.3) is 0 Å². The van der Waals surface area contributed by atoms with Crippen LogP contribution in [0.2, 0.25) is 0 Å². The van der Waals surface area contributed by atoms with E-state index in [-0.39, 0.29) is 0 Å². The Hall–Kier alpha value is -0.720. The highest BCUT2D eigenvalue weighted by molar-refractivity contribution is 7.10. The van der Waals surface area contributed by atoms with Crippen LogP contribution in [-0.2, 0) is 6.54 Å². The molecule has 14 heavy (non-hydrogen) atoms. The molecule has 0 saturated heterocycles. The number of unbranched alkanes of at least 4 members (excludes halogenated alkanes) is 1. The second-order valence-electron chi connectivity index (χ2n) is 3.28. The Morgan fingerprint density at radius 2 is 2.36 bits per heavy atom. The average molecular weight is 215 g/mol. The third-order valence-electron chi connectivity index (χ3n) is 2.00. The molecule has 3 N–H and O–H groups in total. The summed E-state index contributed by atoms with van der Waals surface area (Å²) in [5, 5.41) is 4.87. The highest BCUT2D eigenvalue weighted by Gasteiger charge is 2.08. The maximum absolute atomic E-state index is 5.33. The monoisotopic (exact) mass is 215 g/mol. The third kappa shape index (κ3) is 3.21. The van der Waals surface area contributed by atoms with Gasteiger partial charge in [-0.15, -0.1) is 5.10 Å². The van der Waals surface area contributed by atoms with Crippen molar-refractivity contribution in [2.75, 3.05) is 19.0 Å². The van der Waals surface area contributed by atoms with Gasteiger partial charge in [0.15, 0.2) is 0 Å². The first-order valence-corrected chi connectivity index (χ1v) is 5.51. The number of anilines is 1. The van der Waals surface area contributed by atoms with E-state index in [4.69, 9.17) is 5.84 Å². The molecule has 0 aliphatic carbocycles. The largest absolute Gasteiger partial charge is 0.313 e. The zero-order chi connectivity index (χ0) is 10.4. The molecule has 0 saturated carbocycles. The van der Waals surface area contributed by atoms with E-state index in [1.807, 2.05) is 0 Å². The van der Waals surface area contributed by atoms with Gasteiger partial charge in [-0.25, -0.2) is 5.84 Å². The Kier molecular flexibility index (Phi) is 4.78. The van der Waals surface area contributed by atoms with Crippen molar-refractivity contribution in [1.82, 2.24) is 14.5 Å². The molecule has 0 aromatic carbocycles. The smallest absolute Gasteiger partial charge is 0.148 e. The normalized spacial score (nSPS) is 10.9. The molecular formula is C8H17N5S. The van der Waals surface area contributed by atoms with Crippen LogP contribution in [0.3, 0.4) is 0 Å². The van der Waals surface area contributed by atoms with Gasteiger partial charge < -0.3 is 10.3 Å². The summed E-state index contributed by atoms with van der Waals surface area (Å²) in [7, 11) is 2.08. The lowest BCUT2D eigenvalue weighted by molar-refractivity contribution is 0.317. The second kappa shape index (κ2) is 5.90. The van der Waals surface area contributed by atoms with Crippen LogP contribution in [0.5, 0.6) is 0 Å². The predicted octanol–water partition coefficient (Wildman–Crippen LogP) is 1.06. The van der Waals surface area contributed by atoms with Crippen molar-refractivity contribution in [3.05, 3.63) is 5.69 Å². The van der Waals surface area contributed by atoms with Crippen LogP contribution in [0.4, 0.5) is 5.00 Å². The van der Waals surface area contributed by atoms with Crippen molar-refractivity contribution < 1.29 is 0 Å². The predicted molar refractivity (Wildman–Crippen MR) is 59.0 cm³/mol. The summed E-state index contributed by atoms with van der Waals surface area (Å²) in [6.07, 6.45) is 2.42. The van der Waals surface area contributed by atoms with E-state index in [0.29, 0.717) is 0 Å². The van der Waals surface area contributed by atoms with Gasteiger partial charge >= 0.3 is 0 Å². The van der Waals surface area contributed by atoms with Crippen molar-refractivity contribution in [2.45, 2.75) is 26.3 Å². The summed E-state index contributed by atoms with van der Waals surface area (Å²) in [6, 6.07) is 0. The molecule has 1 rings (SSSR count). The maximum atomic E-state index is 5.33. The summed E-state index contributed by atoms with van der Waals surface area (Å²) in [4.78, 5) is 2.22. The van der Waals surface area contributed by atoms with Gasteiger partial charge in [-0.2, -0.15) is 0 Å². The Morgan fingerprint density at radius 3 is 3.00 bits per heavy atom. The quantitative estimate of drug-likeness (QED) is 0.548. The average Bonchev–Trinajstić information content (AvgIpc) is 2.62. The van der Waals surface area contributed by atoms with E-state index >= 15 is 0 Å². The minimum Gasteiger partial charge on any atom is -0.313 e. The van der Waals surface area contributed by atoms with Gasteiger partial charge in [-0.3, -0.25) is 0 Å². The Bertz CT molecular complexity index is 262. The number of hydrazine groups is 1. The van der Waals surface area contributed by atoms with Crippen LogP contribution in [-0.4, -0.2) is 28.1 Å². The van der Waals surface area contributed by atoms with E-state index in [1.165, 1.54) is 24.4 Å². The molecule has 80 valence electrons. The van der Waals surface area contributed by atoms with E-state index in [2.05, 4.69) is 33.9 Å². The summed E-state index contributed by atoms with van der Waals surface area (Å²) in [5.74, 6) is 5.33. The highest BCUT2D eigenvalue weighted by Crippen LogP contribution is 2.17. The minimum absolute atomic E-state index is 0.802. The molecule has 0 bridgehead atoms. The Balaban J connectivity index is 2.42. The molecule has 0 unspecified atom stereocenters. The summed E-state index contributed by atoms with van der Waals surface area (Å²) in [6.45, 7) is 4.07. The molecule has 1 heterocycles. The van der Waals surface area contributed by atoms with E-state index in [0.717, 1.165) is 23.8 Å². The molecule has 0 spiro atoms. The van der Waals surface area contributed by atoms with Crippen LogP contribution in [0, 0.1) is 0 Å². The number of nitrogens with one attached hydrogen (secondary N) is 1. The van der Waals surface area contributed by atoms with Gasteiger partial charge in [0, 0.05) is 18.1 Å². The van der Waals surface area contributed by atoms with Crippen LogP contribution >= 0.6 is 11.5 Å². The number of hydrogen-bond donors (Lipinski definition) is 2. The van der Waals surface area contributed by atoms with Gasteiger partial charge in [0.2, 0.25) is 0 Å². The Morgan fingerprint density at radius 1 is 1.57 bits per heavy atom. The third-order valence-corrected chi connectivity index (χ3v) is 2.70. The van der Waals surface area contributed by atoms with Crippen molar-refractivity contribution in [1.29, 1.82) is 0 Å². The lowest BCUT2D eigenvalue weighted by Crippen LogP contribution is -2.20. The topological polar surface area (TPSA) is 67.1 Å². The zero-order valence-corrected chi connectivity index (χ0v) is 9.47. The molecule has 6 heteroatoms. The molecular weight excluding hydrogens is 198 g/mol. The zero-order valence-electron chi connectivity index (χ0n) is 8.66. The number of nitrogen functional groups attached to an aromatic ring is 1. The van der Waals surface area contributed by atoms with Crippen molar-refractivity contribution in [3.8, 4) is 0 Å². The number of hydrogen-bond acceptors (Lipinski definition) is 6. The van der Waals surface area contributed by atoms with Gasteiger partial charge in [-0.1, -0.05) is 17.8 Å². The summed E-state index contributed by atoms with van der Waals surface area (Å²) < 4.78 is 3.85. The molecule has 5 nitrogen and oxygen atoms in total. The first-order chi connectivity index (χ1) is 6.77. The molecule has 0 aliphatic rings. The lowest BCUT2D eigenvalue weighted by atomic mass is 10.3. The van der Waals surface area contributed by atoms with Gasteiger partial charge in [0.1, 0.15) is 10.7 Å². The standard InChI is InChI=1S/C8H17N5S/c1-3-4-5-13(2)6-7-8(10-9)14-12-11-7/h10H,3-6,9H2,1-2H3. The Labute approximate surface area is 88.4 Å². The van der Waals surface area contributed by atoms with E-state index in [1.54, 1.807) is 0 Å². The molecule has 0 fully saturated rings. The van der Waals surface area contributed by atoms with Crippen molar-refractivity contribution in [3.63, 3.8) is 0 Å². The SMILES string of the molecule is CCCCN(C)Cc1nnsc1NN. The minimum atomic E-state index is 0.802. The first-order valence-electron chi connectivity index (χ1n) is 4.74. The highest BCUT2D eigenvalue weighted by atomic mass is 32.1. The van der Waals surface area contributed by atoms with Crippen LogP contribution in [0.1, 0.15) is 25.5 Å². The molecule has 1 aromatic rings. The maximum Gasteiger partial charge on any atom is 0.148 e. The fourth-order valence-electron chi connectivity index (χ4n) is 1.18. The van der Waals surface area contributed by atoms with Crippen LogP contribution < -0.4 is 11.3 Å². The van der Waals surface area contributed by atoms with E-state index in [9.17, 15) is 0 Å². The van der Waals surface area contributed by atoms with E-state index < -0.39 is 0 Å². The molecule has 0 aliphatic heterocycles. The van der Waals surface area contributed by atoms with Crippen molar-refractivity contribution in [2.24, 2.45) is 5.84 Å². The lowest BCUT2D eigenvalue weighted by Gasteiger charge is -2.14. The van der Waals surface area contributed by atoms with Gasteiger partial charge in [0.25, 0.3) is 0 Å². The van der Waals surface area contributed by atoms with Crippen molar-refractivity contribution >= 4 is 16.5 Å². The van der Waals surface area contributed by atoms with Crippen LogP contribution in [0.15, 0.2) is 0 Å². The van der Waals surface area contributed by atoms with Gasteiger partial charge in [-0.05, 0) is 20.0 Å². The molecule has 0 atom stereocenters. The summed E-state index contributed by atoms with van der Waals surface area (Å²) >= 11 is 1.29. The fourth-order valence-corrected chi connectivity index (χ4v) is 1.67. The fraction of sp³-hybridized carbons (Fsp3) is 0.750. The second-order valence-corrected chi connectivity index (χ2v) is 4.04. The number of nitrogens with two attached hydrogens (primary N) is 1. The van der Waals surface area contributed by atoms with Gasteiger partial charge in [0.05, 0.1) is 0 Å². The first kappa shape index (κ1) is 11.4. The number of aromatic nitrogens is 2. The molecule has 1 aromatic heterocycles. The molecule has 0 amide bonds. The molecule has 0 radical (unpaired) electrons. The number of nitrogens with zero attached hydrogens (tertiary/aromatic N) is 3. The number of rotatable bonds is 6. The summed E-state index contributed by atoms with van der Waals surface area (Å²) in [5.41, 5.74) is 3.53.